The van der Waals surface area contributed by atoms with Gasteiger partial charge in [-0.05, 0) is 51.4 Å². The smallest absolute Gasteiger partial charge is 0.306 e. The summed E-state index contributed by atoms with van der Waals surface area (Å²) in [7, 11) is -4.60. The molecular formula is C51H90O12S. The van der Waals surface area contributed by atoms with Crippen molar-refractivity contribution in [2.24, 2.45) is 0 Å². The first kappa shape index (κ1) is 59.6. The SMILES string of the molecule is CC/C=C\C/C=C\C/C=C\C/C=C\CCCCCCCCCCCCC(=O)OC(COC(=O)CCCCCCCCCCCCCCC)COC1OC(CS(=O)(=O)O)C(O)C(O)C1O. The van der Waals surface area contributed by atoms with Crippen LogP contribution in [0.5, 0.6) is 0 Å². The maximum absolute atomic E-state index is 12.9. The molecule has 4 N–H and O–H groups in total. The Bertz CT molecular complexity index is 1360. The van der Waals surface area contributed by atoms with E-state index in [0.717, 1.165) is 77.0 Å². The van der Waals surface area contributed by atoms with E-state index in [2.05, 4.69) is 62.5 Å². The third-order valence-corrected chi connectivity index (χ3v) is 12.2. The van der Waals surface area contributed by atoms with Gasteiger partial charge >= 0.3 is 11.9 Å². The Kier molecular flexibility index (Phi) is 38.1. The van der Waals surface area contributed by atoms with Crippen molar-refractivity contribution in [3.05, 3.63) is 48.6 Å². The number of carbonyl (C=O) groups is 2. The Balaban J connectivity index is 2.36. The normalized spacial score (nSPS) is 20.0. The Morgan fingerprint density at radius 1 is 0.547 bits per heavy atom. The molecule has 0 aromatic heterocycles. The van der Waals surface area contributed by atoms with Gasteiger partial charge in [0.2, 0.25) is 0 Å². The van der Waals surface area contributed by atoms with Gasteiger partial charge in [0.25, 0.3) is 10.1 Å². The number of ether oxygens (including phenoxy) is 4. The number of unbranched alkanes of at least 4 members (excludes halogenated alkanes) is 22. The lowest BCUT2D eigenvalue weighted by atomic mass is 10.00. The number of rotatable bonds is 42. The van der Waals surface area contributed by atoms with E-state index in [1.165, 1.54) is 89.9 Å². The molecule has 1 fully saturated rings. The molecule has 6 unspecified atom stereocenters. The lowest BCUT2D eigenvalue weighted by Crippen LogP contribution is -2.60. The number of aliphatic hydroxyl groups excluding tert-OH is 3. The van der Waals surface area contributed by atoms with Gasteiger partial charge in [-0.25, -0.2) is 0 Å². The lowest BCUT2D eigenvalue weighted by molar-refractivity contribution is -0.297. The number of esters is 2. The molecule has 0 aromatic carbocycles. The number of allylic oxidation sites excluding steroid dienone is 8. The Hall–Kier alpha value is -2.39. The van der Waals surface area contributed by atoms with E-state index in [-0.39, 0.29) is 19.4 Å². The van der Waals surface area contributed by atoms with Gasteiger partial charge < -0.3 is 34.3 Å². The van der Waals surface area contributed by atoms with Gasteiger partial charge in [-0.15, -0.1) is 0 Å². The summed E-state index contributed by atoms with van der Waals surface area (Å²) in [6.45, 7) is 3.66. The first-order valence-electron chi connectivity index (χ1n) is 25.2. The van der Waals surface area contributed by atoms with Crippen LogP contribution in [-0.4, -0.2) is 96.0 Å². The first-order chi connectivity index (χ1) is 31.0. The minimum atomic E-state index is -4.60. The van der Waals surface area contributed by atoms with Gasteiger partial charge in [-0.1, -0.05) is 191 Å². The van der Waals surface area contributed by atoms with Crippen molar-refractivity contribution in [2.45, 2.75) is 243 Å². The van der Waals surface area contributed by atoms with Gasteiger partial charge in [-0.3, -0.25) is 14.1 Å². The molecule has 1 aliphatic heterocycles. The number of carbonyl (C=O) groups excluding carboxylic acids is 2. The molecule has 1 heterocycles. The summed E-state index contributed by atoms with van der Waals surface area (Å²) in [6.07, 6.45) is 40.1. The van der Waals surface area contributed by atoms with Crippen LogP contribution < -0.4 is 0 Å². The average molecular weight is 927 g/mol. The van der Waals surface area contributed by atoms with E-state index in [4.69, 9.17) is 18.9 Å². The van der Waals surface area contributed by atoms with Crippen molar-refractivity contribution in [3.63, 3.8) is 0 Å². The summed E-state index contributed by atoms with van der Waals surface area (Å²) in [5.41, 5.74) is 0. The topological polar surface area (TPSA) is 186 Å². The van der Waals surface area contributed by atoms with Crippen molar-refractivity contribution in [3.8, 4) is 0 Å². The van der Waals surface area contributed by atoms with Crippen molar-refractivity contribution in [2.75, 3.05) is 19.0 Å². The van der Waals surface area contributed by atoms with E-state index >= 15 is 0 Å². The quantitative estimate of drug-likeness (QED) is 0.0197. The zero-order chi connectivity index (χ0) is 46.9. The Morgan fingerprint density at radius 2 is 0.984 bits per heavy atom. The molecule has 0 spiro atoms. The lowest BCUT2D eigenvalue weighted by Gasteiger charge is -2.40. The van der Waals surface area contributed by atoms with Crippen molar-refractivity contribution in [1.29, 1.82) is 0 Å². The summed E-state index contributed by atoms with van der Waals surface area (Å²) >= 11 is 0. The third-order valence-electron chi connectivity index (χ3n) is 11.4. The monoisotopic (exact) mass is 927 g/mol. The van der Waals surface area contributed by atoms with Crippen LogP contribution in [0.2, 0.25) is 0 Å². The number of aliphatic hydroxyl groups is 3. The molecular weight excluding hydrogens is 837 g/mol. The zero-order valence-electron chi connectivity index (χ0n) is 39.9. The van der Waals surface area contributed by atoms with Gasteiger partial charge in [-0.2, -0.15) is 8.42 Å². The average Bonchev–Trinajstić information content (AvgIpc) is 3.26. The summed E-state index contributed by atoms with van der Waals surface area (Å²) in [6, 6.07) is 0. The number of hydrogen-bond donors (Lipinski definition) is 4. The van der Waals surface area contributed by atoms with Crippen LogP contribution in [0.25, 0.3) is 0 Å². The summed E-state index contributed by atoms with van der Waals surface area (Å²) in [5.74, 6) is -1.98. The largest absolute Gasteiger partial charge is 0.462 e. The fourth-order valence-corrected chi connectivity index (χ4v) is 8.24. The van der Waals surface area contributed by atoms with Crippen LogP contribution in [0.1, 0.15) is 206 Å². The Morgan fingerprint density at radius 3 is 1.47 bits per heavy atom. The molecule has 13 heteroatoms. The fraction of sp³-hybridized carbons (Fsp3) is 0.804. The molecule has 372 valence electrons. The molecule has 0 saturated carbocycles. The molecule has 0 aromatic rings. The van der Waals surface area contributed by atoms with E-state index < -0.39 is 71.2 Å². The molecule has 0 aliphatic carbocycles. The highest BCUT2D eigenvalue weighted by Gasteiger charge is 2.46. The summed E-state index contributed by atoms with van der Waals surface area (Å²) in [4.78, 5) is 25.5. The highest BCUT2D eigenvalue weighted by molar-refractivity contribution is 7.85. The molecule has 64 heavy (non-hydrogen) atoms. The van der Waals surface area contributed by atoms with Gasteiger partial charge in [0.05, 0.1) is 6.61 Å². The van der Waals surface area contributed by atoms with E-state index in [1.54, 1.807) is 0 Å². The highest BCUT2D eigenvalue weighted by Crippen LogP contribution is 2.24. The minimum absolute atomic E-state index is 0.159. The van der Waals surface area contributed by atoms with Crippen LogP contribution in [-0.2, 0) is 38.7 Å². The van der Waals surface area contributed by atoms with Crippen LogP contribution in [0, 0.1) is 0 Å². The van der Waals surface area contributed by atoms with Gasteiger partial charge in [0.15, 0.2) is 12.4 Å². The van der Waals surface area contributed by atoms with E-state index in [9.17, 15) is 37.9 Å². The second-order valence-corrected chi connectivity index (χ2v) is 19.0. The summed E-state index contributed by atoms with van der Waals surface area (Å²) in [5, 5.41) is 30.9. The van der Waals surface area contributed by atoms with Gasteiger partial charge in [0, 0.05) is 12.8 Å². The molecule has 6 atom stereocenters. The van der Waals surface area contributed by atoms with Crippen LogP contribution in [0.4, 0.5) is 0 Å². The number of hydrogen-bond acceptors (Lipinski definition) is 11. The molecule has 1 aliphatic rings. The molecule has 12 nitrogen and oxygen atoms in total. The predicted octanol–water partition coefficient (Wildman–Crippen LogP) is 11.1. The summed E-state index contributed by atoms with van der Waals surface area (Å²) < 4.78 is 54.2. The molecule has 1 saturated heterocycles. The third kappa shape index (κ3) is 34.9. The highest BCUT2D eigenvalue weighted by atomic mass is 32.2. The fourth-order valence-electron chi connectivity index (χ4n) is 7.55. The molecule has 0 radical (unpaired) electrons. The van der Waals surface area contributed by atoms with Gasteiger partial charge in [0.1, 0.15) is 36.8 Å². The second kappa shape index (κ2) is 40.8. The Labute approximate surface area is 388 Å². The maximum atomic E-state index is 12.9. The second-order valence-electron chi connectivity index (χ2n) is 17.5. The van der Waals surface area contributed by atoms with Crippen molar-refractivity contribution >= 4 is 22.1 Å². The molecule has 1 rings (SSSR count). The molecule has 0 bridgehead atoms. The van der Waals surface area contributed by atoms with Crippen LogP contribution in [0.15, 0.2) is 48.6 Å². The first-order valence-corrected chi connectivity index (χ1v) is 26.8. The minimum Gasteiger partial charge on any atom is -0.462 e. The van der Waals surface area contributed by atoms with Crippen LogP contribution >= 0.6 is 0 Å². The van der Waals surface area contributed by atoms with Crippen LogP contribution in [0.3, 0.4) is 0 Å². The van der Waals surface area contributed by atoms with E-state index in [0.29, 0.717) is 12.8 Å². The van der Waals surface area contributed by atoms with E-state index in [1.807, 2.05) is 0 Å². The van der Waals surface area contributed by atoms with Crippen molar-refractivity contribution < 1.29 is 56.8 Å². The molecule has 0 amide bonds. The predicted molar refractivity (Wildman–Crippen MR) is 256 cm³/mol. The zero-order valence-corrected chi connectivity index (χ0v) is 40.7. The standard InChI is InChI=1S/C51H90O12S/c1-3-5-7-9-11-13-15-17-18-19-20-21-22-23-24-25-26-28-30-32-34-36-38-40-47(53)62-44(42-61-51-50(56)49(55)48(54)45(63-51)43-64(57,58)59)41-60-46(52)39-37-35-33-31-29-27-16-14-12-10-8-6-4-2/h5,7,11,13,17-18,20-21,44-45,48-51,54-56H,3-4,6,8-10,12,14-16,19,22-43H2,1-2H3,(H,57,58,59)/b7-5-,13-11-,18-17-,21-20-. The maximum Gasteiger partial charge on any atom is 0.306 e. The van der Waals surface area contributed by atoms with Crippen molar-refractivity contribution in [1.82, 2.24) is 0 Å².